The number of benzene rings is 1. The maximum atomic E-state index is 11.8. The summed E-state index contributed by atoms with van der Waals surface area (Å²) in [5.74, 6) is -2.18. The van der Waals surface area contributed by atoms with Gasteiger partial charge in [0.25, 0.3) is 0 Å². The Labute approximate surface area is 120 Å². The van der Waals surface area contributed by atoms with E-state index in [1.165, 1.54) is 32.4 Å². The molecule has 0 N–H and O–H groups in total. The molecule has 7 nitrogen and oxygen atoms in total. The molecule has 0 radical (unpaired) electrons. The van der Waals surface area contributed by atoms with Crippen LogP contribution in [0.3, 0.4) is 0 Å². The SMILES string of the molecule is COC(=O)c1ccc(C(=O)OC)c(N2C(=O)CCC2=O)c1. The first-order valence-electron chi connectivity index (χ1n) is 6.16. The van der Waals surface area contributed by atoms with E-state index in [0.717, 1.165) is 4.90 Å². The first-order chi connectivity index (χ1) is 9.99. The molecular formula is C14H13NO6. The zero-order valence-corrected chi connectivity index (χ0v) is 11.5. The summed E-state index contributed by atoms with van der Waals surface area (Å²) in [4.78, 5) is 47.9. The Kier molecular flexibility index (Phi) is 4.02. The number of esters is 2. The molecule has 2 amide bonds. The van der Waals surface area contributed by atoms with Gasteiger partial charge in [-0.25, -0.2) is 14.5 Å². The second-order valence-corrected chi connectivity index (χ2v) is 4.34. The molecule has 1 aliphatic heterocycles. The summed E-state index contributed by atoms with van der Waals surface area (Å²) in [6.07, 6.45) is 0.143. The maximum Gasteiger partial charge on any atom is 0.339 e. The van der Waals surface area contributed by atoms with Gasteiger partial charge >= 0.3 is 11.9 Å². The lowest BCUT2D eigenvalue weighted by atomic mass is 10.1. The Balaban J connectivity index is 2.58. The molecule has 110 valence electrons. The Morgan fingerprint density at radius 2 is 1.57 bits per heavy atom. The number of imide groups is 1. The minimum absolute atomic E-state index is 0.0359. The van der Waals surface area contributed by atoms with Crippen LogP contribution < -0.4 is 4.90 Å². The van der Waals surface area contributed by atoms with Crippen LogP contribution in [-0.2, 0) is 19.1 Å². The minimum Gasteiger partial charge on any atom is -0.465 e. The van der Waals surface area contributed by atoms with Crippen LogP contribution >= 0.6 is 0 Å². The highest BCUT2D eigenvalue weighted by atomic mass is 16.5. The van der Waals surface area contributed by atoms with Crippen molar-refractivity contribution in [1.82, 2.24) is 0 Å². The third-order valence-corrected chi connectivity index (χ3v) is 3.12. The minimum atomic E-state index is -0.700. The van der Waals surface area contributed by atoms with E-state index in [1.807, 2.05) is 0 Å². The van der Waals surface area contributed by atoms with Gasteiger partial charge in [0.2, 0.25) is 11.8 Å². The van der Waals surface area contributed by atoms with E-state index in [9.17, 15) is 19.2 Å². The summed E-state index contributed by atoms with van der Waals surface area (Å²) >= 11 is 0. The molecule has 1 fully saturated rings. The number of anilines is 1. The van der Waals surface area contributed by atoms with E-state index in [2.05, 4.69) is 9.47 Å². The second kappa shape index (κ2) is 5.74. The summed E-state index contributed by atoms with van der Waals surface area (Å²) in [6, 6.07) is 3.97. The van der Waals surface area contributed by atoms with Crippen LogP contribution in [0.25, 0.3) is 0 Å². The van der Waals surface area contributed by atoms with Gasteiger partial charge in [0.15, 0.2) is 0 Å². The summed E-state index contributed by atoms with van der Waals surface area (Å²) in [7, 11) is 2.40. The van der Waals surface area contributed by atoms with Crippen LogP contribution in [0.5, 0.6) is 0 Å². The van der Waals surface area contributed by atoms with Crippen molar-refractivity contribution in [3.8, 4) is 0 Å². The van der Waals surface area contributed by atoms with Crippen molar-refractivity contribution in [3.05, 3.63) is 29.3 Å². The van der Waals surface area contributed by atoms with Crippen LogP contribution in [0, 0.1) is 0 Å². The van der Waals surface area contributed by atoms with Gasteiger partial charge in [-0.15, -0.1) is 0 Å². The summed E-state index contributed by atoms with van der Waals surface area (Å²) in [6.45, 7) is 0. The highest BCUT2D eigenvalue weighted by Crippen LogP contribution is 2.28. The first-order valence-corrected chi connectivity index (χ1v) is 6.16. The van der Waals surface area contributed by atoms with Crippen molar-refractivity contribution in [1.29, 1.82) is 0 Å². The fourth-order valence-corrected chi connectivity index (χ4v) is 2.09. The van der Waals surface area contributed by atoms with Gasteiger partial charge in [-0.3, -0.25) is 9.59 Å². The van der Waals surface area contributed by atoms with Crippen LogP contribution in [0.2, 0.25) is 0 Å². The number of hydrogen-bond donors (Lipinski definition) is 0. The molecule has 0 aliphatic carbocycles. The van der Waals surface area contributed by atoms with E-state index < -0.39 is 23.8 Å². The average molecular weight is 291 g/mol. The largest absolute Gasteiger partial charge is 0.465 e. The van der Waals surface area contributed by atoms with Crippen LogP contribution in [0.4, 0.5) is 5.69 Å². The normalized spacial score (nSPS) is 14.3. The number of methoxy groups -OCH3 is 2. The number of rotatable bonds is 3. The maximum absolute atomic E-state index is 11.8. The Bertz CT molecular complexity index is 620. The fraction of sp³-hybridized carbons (Fsp3) is 0.286. The number of nitrogens with zero attached hydrogens (tertiary/aromatic N) is 1. The van der Waals surface area contributed by atoms with Gasteiger partial charge in [0.1, 0.15) is 0 Å². The molecular weight excluding hydrogens is 278 g/mol. The summed E-state index contributed by atoms with van der Waals surface area (Å²) < 4.78 is 9.22. The average Bonchev–Trinajstić information content (AvgIpc) is 2.84. The van der Waals surface area contributed by atoms with E-state index in [0.29, 0.717) is 0 Å². The molecule has 1 heterocycles. The lowest BCUT2D eigenvalue weighted by Gasteiger charge is -2.17. The molecule has 1 aromatic rings. The molecule has 21 heavy (non-hydrogen) atoms. The third-order valence-electron chi connectivity index (χ3n) is 3.12. The first kappa shape index (κ1) is 14.7. The molecule has 0 unspecified atom stereocenters. The number of carbonyl (C=O) groups is 4. The van der Waals surface area contributed by atoms with Crippen molar-refractivity contribution in [2.75, 3.05) is 19.1 Å². The zero-order valence-electron chi connectivity index (χ0n) is 11.5. The Morgan fingerprint density at radius 1 is 1.00 bits per heavy atom. The quantitative estimate of drug-likeness (QED) is 0.607. The zero-order chi connectivity index (χ0) is 15.6. The molecule has 0 bridgehead atoms. The standard InChI is InChI=1S/C14H13NO6/c1-20-13(18)8-3-4-9(14(19)21-2)10(7-8)15-11(16)5-6-12(15)17/h3-4,7H,5-6H2,1-2H3. The van der Waals surface area contributed by atoms with Gasteiger partial charge in [-0.05, 0) is 18.2 Å². The molecule has 1 saturated heterocycles. The third kappa shape index (κ3) is 2.62. The molecule has 1 aromatic carbocycles. The van der Waals surface area contributed by atoms with Crippen molar-refractivity contribution in [3.63, 3.8) is 0 Å². The molecule has 0 spiro atoms. The van der Waals surface area contributed by atoms with Crippen molar-refractivity contribution >= 4 is 29.4 Å². The topological polar surface area (TPSA) is 90.0 Å². The van der Waals surface area contributed by atoms with Crippen LogP contribution in [0.1, 0.15) is 33.6 Å². The van der Waals surface area contributed by atoms with Crippen LogP contribution in [0.15, 0.2) is 18.2 Å². The molecule has 0 saturated carbocycles. The highest BCUT2D eigenvalue weighted by Gasteiger charge is 2.33. The predicted octanol–water partition coefficient (Wildman–Crippen LogP) is 0.913. The summed E-state index contributed by atoms with van der Waals surface area (Å²) in [5, 5.41) is 0. The van der Waals surface area contributed by atoms with E-state index >= 15 is 0 Å². The van der Waals surface area contributed by atoms with Gasteiger partial charge in [0.05, 0.1) is 31.0 Å². The van der Waals surface area contributed by atoms with Crippen molar-refractivity contribution in [2.24, 2.45) is 0 Å². The van der Waals surface area contributed by atoms with E-state index in [4.69, 9.17) is 0 Å². The molecule has 2 rings (SSSR count). The van der Waals surface area contributed by atoms with Crippen molar-refractivity contribution in [2.45, 2.75) is 12.8 Å². The van der Waals surface area contributed by atoms with E-state index in [1.54, 1.807) is 0 Å². The van der Waals surface area contributed by atoms with Crippen LogP contribution in [-0.4, -0.2) is 38.0 Å². The molecule has 1 aliphatic rings. The Morgan fingerprint density at radius 3 is 2.10 bits per heavy atom. The highest BCUT2D eigenvalue weighted by molar-refractivity contribution is 6.22. The predicted molar refractivity (Wildman–Crippen MR) is 70.8 cm³/mol. The number of amides is 2. The molecule has 7 heteroatoms. The number of hydrogen-bond acceptors (Lipinski definition) is 6. The molecule has 0 aromatic heterocycles. The number of carbonyl (C=O) groups excluding carboxylic acids is 4. The second-order valence-electron chi connectivity index (χ2n) is 4.34. The smallest absolute Gasteiger partial charge is 0.339 e. The lowest BCUT2D eigenvalue weighted by molar-refractivity contribution is -0.121. The van der Waals surface area contributed by atoms with Crippen molar-refractivity contribution < 1.29 is 28.7 Å². The lowest BCUT2D eigenvalue weighted by Crippen LogP contribution is -2.30. The van der Waals surface area contributed by atoms with Gasteiger partial charge < -0.3 is 9.47 Å². The number of ether oxygens (including phenoxy) is 2. The monoisotopic (exact) mass is 291 g/mol. The fourth-order valence-electron chi connectivity index (χ4n) is 2.09. The Hall–Kier alpha value is -2.70. The van der Waals surface area contributed by atoms with E-state index in [-0.39, 0.29) is 29.7 Å². The summed E-state index contributed by atoms with van der Waals surface area (Å²) in [5.41, 5.74) is 0.207. The molecule has 0 atom stereocenters. The van der Waals surface area contributed by atoms with Gasteiger partial charge in [-0.1, -0.05) is 0 Å². The van der Waals surface area contributed by atoms with Gasteiger partial charge in [-0.2, -0.15) is 0 Å². The van der Waals surface area contributed by atoms with Gasteiger partial charge in [0, 0.05) is 12.8 Å².